The molecule has 0 aliphatic heterocycles. The molecule has 2 heteroatoms. The Hall–Kier alpha value is -0.530. The molecule has 162 valence electrons. The Bertz CT molecular complexity index is 301. The number of carboxylic acids is 1. The summed E-state index contributed by atoms with van der Waals surface area (Å²) in [5.74, 6) is -1.03. The molecule has 2 nitrogen and oxygen atoms in total. The molecule has 0 saturated heterocycles. The first-order valence-electron chi connectivity index (χ1n) is 12.4. The van der Waals surface area contributed by atoms with Gasteiger partial charge in [0.25, 0.3) is 0 Å². The van der Waals surface area contributed by atoms with Gasteiger partial charge in [0, 0.05) is 5.97 Å². The number of hydrogen-bond acceptors (Lipinski definition) is 2. The molecule has 27 heavy (non-hydrogen) atoms. The summed E-state index contributed by atoms with van der Waals surface area (Å²) < 4.78 is 0. The summed E-state index contributed by atoms with van der Waals surface area (Å²) in [4.78, 5) is 11.2. The second kappa shape index (κ2) is 21.8. The summed E-state index contributed by atoms with van der Waals surface area (Å²) in [5, 5.41) is 11.2. The molecule has 0 aliphatic carbocycles. The SMILES string of the molecule is CCCCCCCCCCCCCCCCCCC(CCCCC)C(=O)[O-]. The van der Waals surface area contributed by atoms with E-state index >= 15 is 0 Å². The van der Waals surface area contributed by atoms with Crippen molar-refractivity contribution in [3.63, 3.8) is 0 Å². The zero-order chi connectivity index (χ0) is 20.0. The van der Waals surface area contributed by atoms with Crippen molar-refractivity contribution < 1.29 is 9.90 Å². The van der Waals surface area contributed by atoms with Crippen LogP contribution in [-0.4, -0.2) is 5.97 Å². The predicted octanol–water partition coefficient (Wildman–Crippen LogP) is 7.58. The van der Waals surface area contributed by atoms with Crippen LogP contribution in [0.1, 0.15) is 149 Å². The molecule has 0 amide bonds. The number of unbranched alkanes of at least 4 members (excludes halogenated alkanes) is 17. The molecule has 0 aromatic rings. The van der Waals surface area contributed by atoms with Crippen molar-refractivity contribution in [3.8, 4) is 0 Å². The third-order valence-electron chi connectivity index (χ3n) is 5.90. The van der Waals surface area contributed by atoms with E-state index in [0.717, 1.165) is 38.5 Å². The van der Waals surface area contributed by atoms with Crippen LogP contribution in [-0.2, 0) is 4.79 Å². The molecule has 0 rings (SSSR count). The molecule has 0 saturated carbocycles. The van der Waals surface area contributed by atoms with Crippen molar-refractivity contribution >= 4 is 5.97 Å². The summed E-state index contributed by atoms with van der Waals surface area (Å²) in [6.07, 6.45) is 26.7. The van der Waals surface area contributed by atoms with Crippen LogP contribution in [0.15, 0.2) is 0 Å². The minimum absolute atomic E-state index is 0.205. The Morgan fingerprint density at radius 3 is 1.11 bits per heavy atom. The first-order chi connectivity index (χ1) is 13.2. The molecule has 0 aliphatic rings. The van der Waals surface area contributed by atoms with E-state index in [1.54, 1.807) is 0 Å². The van der Waals surface area contributed by atoms with Gasteiger partial charge < -0.3 is 9.90 Å². The lowest BCUT2D eigenvalue weighted by molar-refractivity contribution is -0.312. The van der Waals surface area contributed by atoms with Gasteiger partial charge in [-0.3, -0.25) is 0 Å². The maximum absolute atomic E-state index is 11.2. The van der Waals surface area contributed by atoms with Crippen molar-refractivity contribution in [1.82, 2.24) is 0 Å². The van der Waals surface area contributed by atoms with Gasteiger partial charge >= 0.3 is 0 Å². The lowest BCUT2D eigenvalue weighted by Crippen LogP contribution is -2.31. The average Bonchev–Trinajstić information content (AvgIpc) is 2.66. The number of hydrogen-bond donors (Lipinski definition) is 0. The molecule has 0 heterocycles. The highest BCUT2D eigenvalue weighted by Gasteiger charge is 2.09. The third-order valence-corrected chi connectivity index (χ3v) is 5.90. The average molecular weight is 382 g/mol. The van der Waals surface area contributed by atoms with Crippen LogP contribution in [0.2, 0.25) is 0 Å². The molecule has 0 spiro atoms. The quantitative estimate of drug-likeness (QED) is 0.181. The van der Waals surface area contributed by atoms with E-state index in [2.05, 4.69) is 13.8 Å². The maximum atomic E-state index is 11.2. The minimum Gasteiger partial charge on any atom is -0.550 e. The summed E-state index contributed by atoms with van der Waals surface area (Å²) in [6, 6.07) is 0. The number of carbonyl (C=O) groups excluding carboxylic acids is 1. The van der Waals surface area contributed by atoms with Gasteiger partial charge in [-0.2, -0.15) is 0 Å². The molecule has 0 aromatic heterocycles. The van der Waals surface area contributed by atoms with E-state index in [-0.39, 0.29) is 5.92 Å². The maximum Gasteiger partial charge on any atom is 0.0445 e. The third kappa shape index (κ3) is 20.0. The highest BCUT2D eigenvalue weighted by Crippen LogP contribution is 2.18. The van der Waals surface area contributed by atoms with Crippen molar-refractivity contribution in [3.05, 3.63) is 0 Å². The van der Waals surface area contributed by atoms with Gasteiger partial charge in [-0.15, -0.1) is 0 Å². The normalized spacial score (nSPS) is 12.4. The minimum atomic E-state index is -0.827. The van der Waals surface area contributed by atoms with Crippen molar-refractivity contribution in [1.29, 1.82) is 0 Å². The number of rotatable bonds is 22. The van der Waals surface area contributed by atoms with Crippen LogP contribution in [0, 0.1) is 5.92 Å². The van der Waals surface area contributed by atoms with Crippen LogP contribution in [0.5, 0.6) is 0 Å². The largest absolute Gasteiger partial charge is 0.550 e. The number of aliphatic carboxylic acids is 1. The van der Waals surface area contributed by atoms with Gasteiger partial charge in [0.2, 0.25) is 0 Å². The lowest BCUT2D eigenvalue weighted by Gasteiger charge is -2.17. The van der Waals surface area contributed by atoms with Gasteiger partial charge in [-0.05, 0) is 18.8 Å². The van der Waals surface area contributed by atoms with Gasteiger partial charge in [0.15, 0.2) is 0 Å². The first-order valence-corrected chi connectivity index (χ1v) is 12.4. The Morgan fingerprint density at radius 1 is 0.519 bits per heavy atom. The highest BCUT2D eigenvalue weighted by molar-refractivity contribution is 5.67. The second-order valence-corrected chi connectivity index (χ2v) is 8.60. The van der Waals surface area contributed by atoms with Gasteiger partial charge in [0.05, 0.1) is 0 Å². The van der Waals surface area contributed by atoms with E-state index in [9.17, 15) is 9.90 Å². The van der Waals surface area contributed by atoms with Crippen molar-refractivity contribution in [2.24, 2.45) is 5.92 Å². The monoisotopic (exact) mass is 381 g/mol. The van der Waals surface area contributed by atoms with E-state index < -0.39 is 5.97 Å². The Kier molecular flexibility index (Phi) is 21.3. The molecule has 0 radical (unpaired) electrons. The Balaban J connectivity index is 3.26. The fourth-order valence-electron chi connectivity index (χ4n) is 3.96. The van der Waals surface area contributed by atoms with E-state index in [4.69, 9.17) is 0 Å². The fraction of sp³-hybridized carbons (Fsp3) is 0.960. The molecule has 0 aromatic carbocycles. The van der Waals surface area contributed by atoms with E-state index in [0.29, 0.717) is 0 Å². The molecular weight excluding hydrogens is 332 g/mol. The Morgan fingerprint density at radius 2 is 0.778 bits per heavy atom. The van der Waals surface area contributed by atoms with Gasteiger partial charge in [0.1, 0.15) is 0 Å². The van der Waals surface area contributed by atoms with Crippen LogP contribution in [0.4, 0.5) is 0 Å². The molecule has 1 unspecified atom stereocenters. The van der Waals surface area contributed by atoms with Gasteiger partial charge in [-0.1, -0.05) is 136 Å². The van der Waals surface area contributed by atoms with Crippen molar-refractivity contribution in [2.75, 3.05) is 0 Å². The topological polar surface area (TPSA) is 40.1 Å². The molecular formula is C25H49O2-. The van der Waals surface area contributed by atoms with E-state index in [1.165, 1.54) is 96.3 Å². The standard InChI is InChI=1S/C25H50O2/c1-3-5-7-8-9-10-11-12-13-14-15-16-17-18-19-21-23-24(25(26)27)22-20-6-4-2/h24H,3-23H2,1-2H3,(H,26,27)/p-1. The predicted molar refractivity (Wildman–Crippen MR) is 117 cm³/mol. The number of carbonyl (C=O) groups is 1. The Labute approximate surface area is 170 Å². The molecule has 1 atom stereocenters. The van der Waals surface area contributed by atoms with Crippen LogP contribution < -0.4 is 5.11 Å². The first kappa shape index (κ1) is 26.5. The summed E-state index contributed by atoms with van der Waals surface area (Å²) in [5.41, 5.74) is 0. The zero-order valence-electron chi connectivity index (χ0n) is 18.7. The molecule has 0 fully saturated rings. The second-order valence-electron chi connectivity index (χ2n) is 8.60. The summed E-state index contributed by atoms with van der Waals surface area (Å²) in [6.45, 7) is 4.44. The van der Waals surface area contributed by atoms with Gasteiger partial charge in [-0.25, -0.2) is 0 Å². The lowest BCUT2D eigenvalue weighted by atomic mass is 9.94. The number of carboxylic acid groups (broad SMARTS) is 1. The summed E-state index contributed by atoms with van der Waals surface area (Å²) >= 11 is 0. The fourth-order valence-corrected chi connectivity index (χ4v) is 3.96. The summed E-state index contributed by atoms with van der Waals surface area (Å²) in [7, 11) is 0. The smallest absolute Gasteiger partial charge is 0.0445 e. The van der Waals surface area contributed by atoms with Crippen LogP contribution >= 0.6 is 0 Å². The highest BCUT2D eigenvalue weighted by atomic mass is 16.4. The van der Waals surface area contributed by atoms with Crippen LogP contribution in [0.25, 0.3) is 0 Å². The molecule has 0 bridgehead atoms. The van der Waals surface area contributed by atoms with Crippen LogP contribution in [0.3, 0.4) is 0 Å². The van der Waals surface area contributed by atoms with E-state index in [1.807, 2.05) is 0 Å². The molecule has 0 N–H and O–H groups in total. The zero-order valence-corrected chi connectivity index (χ0v) is 18.7. The van der Waals surface area contributed by atoms with Crippen molar-refractivity contribution in [2.45, 2.75) is 149 Å².